The molecule has 2 amide bonds. The first-order valence-electron chi connectivity index (χ1n) is 13.5. The summed E-state index contributed by atoms with van der Waals surface area (Å²) >= 11 is 0. The fourth-order valence-electron chi connectivity index (χ4n) is 5.97. The normalized spacial score (nSPS) is 19.3. The Kier molecular flexibility index (Phi) is 7.19. The highest BCUT2D eigenvalue weighted by atomic mass is 19.4. The number of halogens is 6. The third-order valence-electron chi connectivity index (χ3n) is 7.90. The molecule has 228 valence electrons. The quantitative estimate of drug-likeness (QED) is 0.248. The number of fused-ring (bicyclic) bond motifs is 3. The Morgan fingerprint density at radius 2 is 1.82 bits per heavy atom. The average molecular weight is 616 g/mol. The van der Waals surface area contributed by atoms with Gasteiger partial charge in [-0.15, -0.1) is 0 Å². The first kappa shape index (κ1) is 29.4. The van der Waals surface area contributed by atoms with Crippen LogP contribution < -0.4 is 11.1 Å². The lowest BCUT2D eigenvalue weighted by Crippen LogP contribution is -2.34. The van der Waals surface area contributed by atoms with Gasteiger partial charge in [0.1, 0.15) is 24.0 Å². The van der Waals surface area contributed by atoms with Crippen molar-refractivity contribution in [2.45, 2.75) is 43.6 Å². The number of nitrogens with zero attached hydrogens (tertiary/aromatic N) is 3. The second kappa shape index (κ2) is 10.8. The predicted octanol–water partition coefficient (Wildman–Crippen LogP) is 4.73. The number of benzene rings is 2. The van der Waals surface area contributed by atoms with Crippen LogP contribution in [0.1, 0.15) is 63.1 Å². The summed E-state index contributed by atoms with van der Waals surface area (Å²) in [5.74, 6) is -5.33. The maximum atomic E-state index is 14.2. The van der Waals surface area contributed by atoms with Crippen LogP contribution >= 0.6 is 0 Å². The number of carbonyl (C=O) groups excluding carboxylic acids is 2. The summed E-state index contributed by atoms with van der Waals surface area (Å²) in [6.07, 6.45) is -4.45. The van der Waals surface area contributed by atoms with E-state index in [1.807, 2.05) is 0 Å². The molecule has 2 heterocycles. The number of nitrogens with two attached hydrogens (primary N) is 1. The number of aromatic nitrogens is 3. The molecule has 44 heavy (non-hydrogen) atoms. The summed E-state index contributed by atoms with van der Waals surface area (Å²) in [5, 5.41) is 16.9. The number of aliphatic hydroxyl groups excluding tert-OH is 1. The molecule has 8 nitrogen and oxygen atoms in total. The van der Waals surface area contributed by atoms with Gasteiger partial charge in [0.2, 0.25) is 5.91 Å². The molecule has 4 N–H and O–H groups in total. The van der Waals surface area contributed by atoms with Crippen LogP contribution in [0.2, 0.25) is 0 Å². The molecular weight excluding hydrogens is 592 g/mol. The van der Waals surface area contributed by atoms with Crippen LogP contribution in [0.5, 0.6) is 0 Å². The molecule has 2 aliphatic carbocycles. The lowest BCUT2D eigenvalue weighted by Gasteiger charge is -2.22. The minimum absolute atomic E-state index is 0.0682. The van der Waals surface area contributed by atoms with Gasteiger partial charge >= 0.3 is 6.18 Å². The molecule has 1 fully saturated rings. The number of hydrogen-bond donors (Lipinski definition) is 3. The molecule has 2 aromatic heterocycles. The Balaban J connectivity index is 1.37. The van der Waals surface area contributed by atoms with E-state index in [1.54, 1.807) is 6.07 Å². The molecule has 0 saturated heterocycles. The molecule has 4 atom stereocenters. The SMILES string of the molecule is NC(=O)c1cc(-c2cccnc2C(Cc2cc(F)cc(F)c2)NC(=O)Cn2nc(C(F)(F)F)c3c2[C@@H](O)C2CC32)ccc1F. The number of nitrogens with one attached hydrogen (secondary N) is 1. The van der Waals surface area contributed by atoms with Gasteiger partial charge in [-0.2, -0.15) is 18.3 Å². The highest BCUT2D eigenvalue weighted by molar-refractivity contribution is 5.94. The maximum absolute atomic E-state index is 14.2. The molecule has 6 rings (SSSR count). The van der Waals surface area contributed by atoms with Crippen LogP contribution in [-0.4, -0.2) is 31.7 Å². The predicted molar refractivity (Wildman–Crippen MR) is 142 cm³/mol. The zero-order valence-corrected chi connectivity index (χ0v) is 22.6. The van der Waals surface area contributed by atoms with Crippen molar-refractivity contribution in [2.75, 3.05) is 0 Å². The smallest absolute Gasteiger partial charge is 0.386 e. The van der Waals surface area contributed by atoms with Gasteiger partial charge in [-0.1, -0.05) is 12.1 Å². The van der Waals surface area contributed by atoms with E-state index in [0.717, 1.165) is 22.9 Å². The van der Waals surface area contributed by atoms with E-state index < -0.39 is 71.3 Å². The lowest BCUT2D eigenvalue weighted by molar-refractivity contribution is -0.142. The Bertz CT molecular complexity index is 1790. The summed E-state index contributed by atoms with van der Waals surface area (Å²) in [7, 11) is 0. The number of rotatable bonds is 8. The van der Waals surface area contributed by atoms with E-state index >= 15 is 0 Å². The number of primary amides is 1. The first-order valence-corrected chi connectivity index (χ1v) is 13.5. The van der Waals surface area contributed by atoms with Crippen molar-refractivity contribution < 1.29 is 41.0 Å². The third kappa shape index (κ3) is 5.41. The molecule has 4 aromatic rings. The molecule has 0 bridgehead atoms. The van der Waals surface area contributed by atoms with Gasteiger partial charge in [0, 0.05) is 23.4 Å². The van der Waals surface area contributed by atoms with Gasteiger partial charge in [0.15, 0.2) is 5.69 Å². The fourth-order valence-corrected chi connectivity index (χ4v) is 5.97. The van der Waals surface area contributed by atoms with Gasteiger partial charge in [-0.3, -0.25) is 19.3 Å². The zero-order valence-electron chi connectivity index (χ0n) is 22.6. The highest BCUT2D eigenvalue weighted by Gasteiger charge is 2.58. The van der Waals surface area contributed by atoms with Crippen LogP contribution in [-0.2, 0) is 23.9 Å². The van der Waals surface area contributed by atoms with E-state index in [-0.39, 0.29) is 40.4 Å². The summed E-state index contributed by atoms with van der Waals surface area (Å²) in [5.41, 5.74) is 4.43. The van der Waals surface area contributed by atoms with Crippen LogP contribution in [0.15, 0.2) is 54.7 Å². The number of amides is 2. The second-order valence-electron chi connectivity index (χ2n) is 10.9. The average Bonchev–Trinajstić information content (AvgIpc) is 3.56. The molecule has 1 saturated carbocycles. The maximum Gasteiger partial charge on any atom is 0.435 e. The minimum atomic E-state index is -4.80. The number of aliphatic hydroxyl groups is 1. The lowest BCUT2D eigenvalue weighted by atomic mass is 9.94. The molecule has 0 radical (unpaired) electrons. The molecule has 3 unspecified atom stereocenters. The number of carbonyl (C=O) groups is 2. The Morgan fingerprint density at radius 3 is 2.50 bits per heavy atom. The largest absolute Gasteiger partial charge is 0.435 e. The highest BCUT2D eigenvalue weighted by Crippen LogP contribution is 2.63. The standard InChI is InChI=1S/C30H23F6N5O3/c31-15-6-13(7-16(32)10-15)8-22(25-17(2-1-5-38-25)14-3-4-21(33)20(9-14)29(37)44)39-23(42)12-41-26-24(18-11-19(18)27(26)43)28(40-41)30(34,35)36/h1-7,9-10,18-19,22,27,43H,8,11-12H2,(H2,37,44)(H,39,42)/t18?,19?,22?,27-/m0/s1. The Labute approximate surface area is 245 Å². The van der Waals surface area contributed by atoms with Crippen LogP contribution in [0.25, 0.3) is 11.1 Å². The van der Waals surface area contributed by atoms with Gasteiger partial charge in [-0.05, 0) is 66.1 Å². The van der Waals surface area contributed by atoms with E-state index in [4.69, 9.17) is 5.73 Å². The summed E-state index contributed by atoms with van der Waals surface area (Å²) in [6.45, 7) is -0.701. The second-order valence-corrected chi connectivity index (χ2v) is 10.9. The third-order valence-corrected chi connectivity index (χ3v) is 7.90. The van der Waals surface area contributed by atoms with E-state index in [9.17, 15) is 41.0 Å². The van der Waals surface area contributed by atoms with Crippen molar-refractivity contribution in [3.05, 3.63) is 106 Å². The van der Waals surface area contributed by atoms with Gasteiger partial charge < -0.3 is 16.2 Å². The molecule has 2 aromatic carbocycles. The summed E-state index contributed by atoms with van der Waals surface area (Å²) < 4.78 is 84.6. The van der Waals surface area contributed by atoms with Crippen molar-refractivity contribution >= 4 is 11.8 Å². The number of alkyl halides is 3. The van der Waals surface area contributed by atoms with Crippen molar-refractivity contribution in [3.63, 3.8) is 0 Å². The summed E-state index contributed by atoms with van der Waals surface area (Å²) in [4.78, 5) is 29.5. The summed E-state index contributed by atoms with van der Waals surface area (Å²) in [6, 6.07) is 8.30. The topological polar surface area (TPSA) is 123 Å². The first-order chi connectivity index (χ1) is 20.8. The molecular formula is C30H23F6N5O3. The van der Waals surface area contributed by atoms with Gasteiger partial charge in [0.25, 0.3) is 5.91 Å². The molecule has 0 spiro atoms. The van der Waals surface area contributed by atoms with Gasteiger partial charge in [0.05, 0.1) is 29.1 Å². The monoisotopic (exact) mass is 615 g/mol. The Hall–Kier alpha value is -4.72. The minimum Gasteiger partial charge on any atom is -0.386 e. The van der Waals surface area contributed by atoms with Gasteiger partial charge in [-0.25, -0.2) is 13.2 Å². The van der Waals surface area contributed by atoms with Crippen molar-refractivity contribution in [1.82, 2.24) is 20.1 Å². The van der Waals surface area contributed by atoms with Crippen LogP contribution in [0.3, 0.4) is 0 Å². The molecule has 14 heteroatoms. The fraction of sp³-hybridized carbons (Fsp3) is 0.267. The number of pyridine rings is 1. The zero-order chi connectivity index (χ0) is 31.5. The molecule has 0 aliphatic heterocycles. The van der Waals surface area contributed by atoms with Crippen molar-refractivity contribution in [3.8, 4) is 11.1 Å². The van der Waals surface area contributed by atoms with E-state index in [0.29, 0.717) is 18.1 Å². The van der Waals surface area contributed by atoms with E-state index in [1.165, 1.54) is 24.4 Å². The van der Waals surface area contributed by atoms with E-state index in [2.05, 4.69) is 15.4 Å². The van der Waals surface area contributed by atoms with Crippen molar-refractivity contribution in [2.24, 2.45) is 11.7 Å². The van der Waals surface area contributed by atoms with Crippen molar-refractivity contribution in [1.29, 1.82) is 0 Å². The number of hydrogen-bond acceptors (Lipinski definition) is 5. The van der Waals surface area contributed by atoms with Crippen LogP contribution in [0, 0.1) is 23.4 Å². The van der Waals surface area contributed by atoms with Crippen LogP contribution in [0.4, 0.5) is 26.3 Å². The molecule has 2 aliphatic rings. The Morgan fingerprint density at radius 1 is 1.09 bits per heavy atom.